The summed E-state index contributed by atoms with van der Waals surface area (Å²) in [6, 6.07) is 19.3. The molecule has 1 atom stereocenters. The molecule has 2 aromatic rings. The smallest absolute Gasteiger partial charge is 0.260 e. The fourth-order valence-electron chi connectivity index (χ4n) is 3.77. The fraction of sp³-hybridized carbons (Fsp3) is 0.417. The first-order valence-corrected chi connectivity index (χ1v) is 10.5. The number of hydrogen-bond acceptors (Lipinski definition) is 3. The van der Waals surface area contributed by atoms with Crippen molar-refractivity contribution < 1.29 is 14.3 Å². The highest BCUT2D eigenvalue weighted by molar-refractivity contribution is 5.83. The van der Waals surface area contributed by atoms with E-state index < -0.39 is 0 Å². The van der Waals surface area contributed by atoms with Gasteiger partial charge >= 0.3 is 0 Å². The fourth-order valence-corrected chi connectivity index (χ4v) is 3.77. The zero-order valence-corrected chi connectivity index (χ0v) is 17.0. The number of amides is 2. The van der Waals surface area contributed by atoms with E-state index >= 15 is 0 Å². The molecule has 5 nitrogen and oxygen atoms in total. The third-order valence-corrected chi connectivity index (χ3v) is 5.56. The summed E-state index contributed by atoms with van der Waals surface area (Å²) in [6.45, 7) is 4.21. The normalized spacial score (nSPS) is 15.6. The number of likely N-dealkylation sites (tertiary alicyclic amines) is 1. The van der Waals surface area contributed by atoms with Gasteiger partial charge in [0, 0.05) is 19.6 Å². The van der Waals surface area contributed by atoms with Crippen molar-refractivity contribution >= 4 is 11.8 Å². The van der Waals surface area contributed by atoms with Crippen molar-refractivity contribution in [2.75, 3.05) is 26.2 Å². The minimum Gasteiger partial charge on any atom is -0.484 e. The lowest BCUT2D eigenvalue weighted by Crippen LogP contribution is -2.43. The molecular formula is C24H30N2O3. The molecule has 154 valence electrons. The number of nitrogens with one attached hydrogen (secondary N) is 1. The van der Waals surface area contributed by atoms with Crippen molar-refractivity contribution in [1.82, 2.24) is 10.2 Å². The van der Waals surface area contributed by atoms with E-state index in [2.05, 4.69) is 5.32 Å². The van der Waals surface area contributed by atoms with E-state index in [-0.39, 0.29) is 24.3 Å². The summed E-state index contributed by atoms with van der Waals surface area (Å²) < 4.78 is 5.56. The maximum absolute atomic E-state index is 12.6. The molecule has 0 aliphatic carbocycles. The van der Waals surface area contributed by atoms with E-state index in [4.69, 9.17) is 4.74 Å². The molecule has 29 heavy (non-hydrogen) atoms. The van der Waals surface area contributed by atoms with Crippen molar-refractivity contribution in [3.05, 3.63) is 66.2 Å². The van der Waals surface area contributed by atoms with Crippen LogP contribution in [0.15, 0.2) is 60.7 Å². The summed E-state index contributed by atoms with van der Waals surface area (Å²) in [5.41, 5.74) is 1.06. The van der Waals surface area contributed by atoms with Crippen LogP contribution in [0.2, 0.25) is 0 Å². The van der Waals surface area contributed by atoms with Crippen LogP contribution in [0.4, 0.5) is 0 Å². The zero-order chi connectivity index (χ0) is 20.5. The largest absolute Gasteiger partial charge is 0.484 e. The number of ether oxygens (including phenoxy) is 1. The Morgan fingerprint density at radius 3 is 2.28 bits per heavy atom. The van der Waals surface area contributed by atoms with Crippen molar-refractivity contribution in [2.24, 2.45) is 5.92 Å². The second-order valence-electron chi connectivity index (χ2n) is 7.54. The third-order valence-electron chi connectivity index (χ3n) is 5.56. The second kappa shape index (κ2) is 10.6. The Hall–Kier alpha value is -2.82. The number of nitrogens with zero attached hydrogens (tertiary/aromatic N) is 1. The standard InChI is InChI=1S/C24H30N2O3/c1-2-22(20-9-5-3-6-10-20)24(28)25-17-19-13-15-26(16-14-19)23(27)18-29-21-11-7-4-8-12-21/h3-12,19,22H,2,13-18H2,1H3,(H,25,28). The number of rotatable bonds is 8. The Kier molecular flexibility index (Phi) is 7.68. The molecule has 1 saturated heterocycles. The lowest BCUT2D eigenvalue weighted by atomic mass is 9.94. The molecule has 2 aromatic carbocycles. The summed E-state index contributed by atoms with van der Waals surface area (Å²) in [7, 11) is 0. The van der Waals surface area contributed by atoms with Crippen LogP contribution in [-0.4, -0.2) is 43.0 Å². The van der Waals surface area contributed by atoms with Gasteiger partial charge in [-0.2, -0.15) is 0 Å². The molecule has 1 aliphatic heterocycles. The molecule has 0 aromatic heterocycles. The van der Waals surface area contributed by atoms with Gasteiger partial charge in [0.1, 0.15) is 5.75 Å². The number of piperidine rings is 1. The summed E-state index contributed by atoms with van der Waals surface area (Å²) in [5.74, 6) is 1.13. The zero-order valence-electron chi connectivity index (χ0n) is 17.0. The molecule has 1 fully saturated rings. The molecule has 2 amide bonds. The van der Waals surface area contributed by atoms with Crippen LogP contribution in [0.5, 0.6) is 5.75 Å². The summed E-state index contributed by atoms with van der Waals surface area (Å²) in [6.07, 6.45) is 2.59. The van der Waals surface area contributed by atoms with E-state index in [0.29, 0.717) is 31.3 Å². The second-order valence-corrected chi connectivity index (χ2v) is 7.54. The quantitative estimate of drug-likeness (QED) is 0.744. The Balaban J connectivity index is 1.39. The molecule has 0 spiro atoms. The number of carbonyl (C=O) groups is 2. The van der Waals surface area contributed by atoms with Gasteiger partial charge < -0.3 is 15.0 Å². The van der Waals surface area contributed by atoms with Gasteiger partial charge in [-0.3, -0.25) is 9.59 Å². The van der Waals surface area contributed by atoms with E-state index in [0.717, 1.165) is 24.8 Å². The van der Waals surface area contributed by atoms with Crippen molar-refractivity contribution in [3.63, 3.8) is 0 Å². The Labute approximate surface area is 173 Å². The van der Waals surface area contributed by atoms with Crippen LogP contribution in [0.25, 0.3) is 0 Å². The lowest BCUT2D eigenvalue weighted by molar-refractivity contribution is -0.135. The topological polar surface area (TPSA) is 58.6 Å². The summed E-state index contributed by atoms with van der Waals surface area (Å²) >= 11 is 0. The number of hydrogen-bond donors (Lipinski definition) is 1. The number of carbonyl (C=O) groups excluding carboxylic acids is 2. The first-order chi connectivity index (χ1) is 14.2. The first kappa shape index (κ1) is 20.9. The molecular weight excluding hydrogens is 364 g/mol. The van der Waals surface area contributed by atoms with E-state index in [1.807, 2.05) is 72.5 Å². The molecule has 0 saturated carbocycles. The van der Waals surface area contributed by atoms with Crippen LogP contribution < -0.4 is 10.1 Å². The molecule has 3 rings (SSSR count). The van der Waals surface area contributed by atoms with Crippen molar-refractivity contribution in [1.29, 1.82) is 0 Å². The van der Waals surface area contributed by atoms with Gasteiger partial charge in [-0.25, -0.2) is 0 Å². The Morgan fingerprint density at radius 2 is 1.66 bits per heavy atom. The van der Waals surface area contributed by atoms with Crippen LogP contribution in [-0.2, 0) is 9.59 Å². The van der Waals surface area contributed by atoms with Crippen LogP contribution in [0, 0.1) is 5.92 Å². The van der Waals surface area contributed by atoms with E-state index in [9.17, 15) is 9.59 Å². The predicted octanol–water partition coefficient (Wildman–Crippen LogP) is 3.61. The highest BCUT2D eigenvalue weighted by Crippen LogP contribution is 2.21. The average molecular weight is 395 g/mol. The molecule has 0 radical (unpaired) electrons. The van der Waals surface area contributed by atoms with Gasteiger partial charge in [0.15, 0.2) is 6.61 Å². The first-order valence-electron chi connectivity index (χ1n) is 10.5. The maximum Gasteiger partial charge on any atom is 0.260 e. The maximum atomic E-state index is 12.6. The number of para-hydroxylation sites is 1. The summed E-state index contributed by atoms with van der Waals surface area (Å²) in [5, 5.41) is 3.13. The minimum absolute atomic E-state index is 0.0199. The molecule has 5 heteroatoms. The summed E-state index contributed by atoms with van der Waals surface area (Å²) in [4.78, 5) is 26.8. The minimum atomic E-state index is -0.104. The SMILES string of the molecule is CCC(C(=O)NCC1CCN(C(=O)COc2ccccc2)CC1)c1ccccc1. The third kappa shape index (κ3) is 6.08. The van der Waals surface area contributed by atoms with Crippen molar-refractivity contribution in [2.45, 2.75) is 32.1 Å². The Bertz CT molecular complexity index is 771. The van der Waals surface area contributed by atoms with Gasteiger partial charge in [-0.05, 0) is 42.9 Å². The van der Waals surface area contributed by atoms with Gasteiger partial charge in [0.2, 0.25) is 5.91 Å². The van der Waals surface area contributed by atoms with E-state index in [1.165, 1.54) is 0 Å². The van der Waals surface area contributed by atoms with Gasteiger partial charge in [-0.1, -0.05) is 55.5 Å². The molecule has 1 aliphatic rings. The average Bonchev–Trinajstić information content (AvgIpc) is 2.78. The molecule has 0 bridgehead atoms. The molecule has 1 heterocycles. The monoisotopic (exact) mass is 394 g/mol. The van der Waals surface area contributed by atoms with Crippen molar-refractivity contribution in [3.8, 4) is 5.75 Å². The van der Waals surface area contributed by atoms with E-state index in [1.54, 1.807) is 0 Å². The van der Waals surface area contributed by atoms with Gasteiger partial charge in [0.05, 0.1) is 5.92 Å². The predicted molar refractivity (Wildman–Crippen MR) is 114 cm³/mol. The Morgan fingerprint density at radius 1 is 1.03 bits per heavy atom. The van der Waals surface area contributed by atoms with Gasteiger partial charge in [-0.15, -0.1) is 0 Å². The van der Waals surface area contributed by atoms with Crippen LogP contribution >= 0.6 is 0 Å². The highest BCUT2D eigenvalue weighted by Gasteiger charge is 2.25. The number of benzene rings is 2. The van der Waals surface area contributed by atoms with Crippen LogP contribution in [0.3, 0.4) is 0 Å². The molecule has 1 N–H and O–H groups in total. The van der Waals surface area contributed by atoms with Crippen LogP contribution in [0.1, 0.15) is 37.7 Å². The molecule has 1 unspecified atom stereocenters. The highest BCUT2D eigenvalue weighted by atomic mass is 16.5. The lowest BCUT2D eigenvalue weighted by Gasteiger charge is -2.32. The van der Waals surface area contributed by atoms with Gasteiger partial charge in [0.25, 0.3) is 5.91 Å².